The molecule has 8 rings (SSSR count). The molecule has 0 atom stereocenters. The smallest absolute Gasteiger partial charge is 0.260 e. The lowest BCUT2D eigenvalue weighted by molar-refractivity contribution is 0.101. The topological polar surface area (TPSA) is 224 Å². The summed E-state index contributed by atoms with van der Waals surface area (Å²) in [4.78, 5) is 75.2. The van der Waals surface area contributed by atoms with Crippen molar-refractivity contribution in [2.45, 2.75) is 20.4 Å². The number of ether oxygens (including phenoxy) is 2. The van der Waals surface area contributed by atoms with E-state index in [1.165, 1.54) is 31.9 Å². The van der Waals surface area contributed by atoms with Crippen molar-refractivity contribution < 1.29 is 23.9 Å². The summed E-state index contributed by atoms with van der Waals surface area (Å²) in [6.07, 6.45) is 9.75. The van der Waals surface area contributed by atoms with E-state index in [0.717, 1.165) is 43.0 Å². The van der Waals surface area contributed by atoms with Gasteiger partial charge in [-0.15, -0.1) is 0 Å². The van der Waals surface area contributed by atoms with Crippen molar-refractivity contribution in [3.05, 3.63) is 127 Å². The molecule has 0 aliphatic heterocycles. The first-order valence-electron chi connectivity index (χ1n) is 23.2. The number of rotatable bonds is 17. The highest BCUT2D eigenvalue weighted by molar-refractivity contribution is 6.42. The second-order valence-electron chi connectivity index (χ2n) is 17.5. The lowest BCUT2D eigenvalue weighted by atomic mass is 9.98. The molecule has 0 fully saturated rings. The molecule has 4 aromatic heterocycles. The molecule has 0 saturated heterocycles. The van der Waals surface area contributed by atoms with Crippen LogP contribution in [0.25, 0.3) is 44.3 Å². The number of imidazole rings is 2. The Labute approximate surface area is 454 Å². The van der Waals surface area contributed by atoms with E-state index in [-0.39, 0.29) is 23.1 Å². The first-order valence-corrected chi connectivity index (χ1v) is 24.7. The Bertz CT molecular complexity index is 3310. The molecule has 2 amide bonds. The molecule has 0 aliphatic carbocycles. The number of benzene rings is 4. The zero-order valence-corrected chi connectivity index (χ0v) is 46.1. The van der Waals surface area contributed by atoms with E-state index >= 15 is 0 Å². The zero-order chi connectivity index (χ0) is 54.5. The van der Waals surface area contributed by atoms with Gasteiger partial charge in [0.15, 0.2) is 6.29 Å². The van der Waals surface area contributed by atoms with Crippen LogP contribution < -0.4 is 25.4 Å². The van der Waals surface area contributed by atoms with Crippen LogP contribution in [0.4, 0.5) is 11.9 Å². The second-order valence-corrected chi connectivity index (χ2v) is 19.1. The van der Waals surface area contributed by atoms with Gasteiger partial charge in [0, 0.05) is 79.8 Å². The van der Waals surface area contributed by atoms with Crippen molar-refractivity contribution in [2.75, 3.05) is 93.3 Å². The number of nitrogens with one attached hydrogen (secondary N) is 5. The number of methoxy groups -OCH3 is 2. The van der Waals surface area contributed by atoms with Crippen LogP contribution in [0.5, 0.6) is 11.5 Å². The number of hydrogen-bond donors (Lipinski definition) is 5. The summed E-state index contributed by atoms with van der Waals surface area (Å²) in [5.74, 6) is 0.639. The van der Waals surface area contributed by atoms with Crippen molar-refractivity contribution >= 4 is 98.5 Å². The van der Waals surface area contributed by atoms with E-state index in [2.05, 4.69) is 84.6 Å². The first kappa shape index (κ1) is 57.5. The number of likely N-dealkylation sites (N-methyl/N-ethyl adjacent to an activating group) is 4. The maximum atomic E-state index is 13.2. The van der Waals surface area contributed by atoms with Gasteiger partial charge in [0.05, 0.1) is 80.3 Å². The zero-order valence-electron chi connectivity index (χ0n) is 43.1. The van der Waals surface area contributed by atoms with Crippen molar-refractivity contribution in [2.24, 2.45) is 0 Å². The van der Waals surface area contributed by atoms with Gasteiger partial charge >= 0.3 is 0 Å². The minimum atomic E-state index is -0.470. The van der Waals surface area contributed by atoms with E-state index in [1.54, 1.807) is 55.9 Å². The molecule has 8 aromatic rings. The average molecular weight is 1100 g/mol. The third kappa shape index (κ3) is 14.1. The molecule has 0 spiro atoms. The number of aryl methyl sites for hydroxylation is 2. The van der Waals surface area contributed by atoms with Crippen LogP contribution in [-0.2, 0) is 6.54 Å². The maximum absolute atomic E-state index is 13.2. The fraction of sp³-hybridized carbons (Fsp3) is 0.288. The fourth-order valence-corrected chi connectivity index (χ4v) is 8.78. The Balaban J connectivity index is 0.000000219. The Morgan fingerprint density at radius 3 is 1.48 bits per heavy atom. The van der Waals surface area contributed by atoms with Crippen molar-refractivity contribution in [3.63, 3.8) is 0 Å². The summed E-state index contributed by atoms with van der Waals surface area (Å²) in [5.41, 5.74) is 7.42. The summed E-state index contributed by atoms with van der Waals surface area (Å²) >= 11 is 26.5. The van der Waals surface area contributed by atoms with E-state index in [0.29, 0.717) is 100 Å². The van der Waals surface area contributed by atoms with Gasteiger partial charge in [-0.05, 0) is 91.5 Å². The molecule has 0 unspecified atom stereocenters. The summed E-state index contributed by atoms with van der Waals surface area (Å²) in [7, 11) is 15.3. The molecule has 0 saturated carbocycles. The number of aromatic nitrogens is 8. The van der Waals surface area contributed by atoms with Gasteiger partial charge in [-0.25, -0.2) is 9.97 Å². The van der Waals surface area contributed by atoms with Gasteiger partial charge in [0.25, 0.3) is 11.8 Å². The van der Waals surface area contributed by atoms with Crippen LogP contribution in [0.15, 0.2) is 73.6 Å². The molecular formula is C52H58Cl4N14O5. The number of nitrogens with zero attached hydrogens (tertiary/aromatic N) is 9. The number of carbonyl (C=O) groups excluding carboxylic acids is 3. The van der Waals surface area contributed by atoms with Crippen LogP contribution in [0.3, 0.4) is 0 Å². The molecule has 19 nitrogen and oxygen atoms in total. The Morgan fingerprint density at radius 2 is 1.07 bits per heavy atom. The predicted molar refractivity (Wildman–Crippen MR) is 298 cm³/mol. The highest BCUT2D eigenvalue weighted by Gasteiger charge is 2.24. The lowest BCUT2D eigenvalue weighted by Gasteiger charge is -2.18. The molecule has 4 aromatic carbocycles. The van der Waals surface area contributed by atoms with Crippen LogP contribution in [0, 0.1) is 13.8 Å². The van der Waals surface area contributed by atoms with E-state index < -0.39 is 5.91 Å². The molecule has 5 N–H and O–H groups in total. The standard InChI is InChI=1S/C26H29Cl2N7O2.C21H15Cl2N5O3.C5H14N2/c1-15-12-19(37-5)22(28)20(21(15)27)17-6-7-18(24-23(17)29-8-9-30-24)25(36)33-26-31-13-16(32-26)14-35(4)11-10-34(2)3;1-10-7-14(31-2)17(23)15(16(10)22)12-3-4-13(19-18(12)24-5-6-25-19)20(30)28-21-26-8-11(9-29)27-21;1-6-4-5-7(2)3/h6-9,12-13H,10-11,14H2,1-5H3,(H2,31,32,33,36);3-9H,1-2H3,(H2,26,27,28,30);6H,4-5H2,1-3H3. The Hall–Kier alpha value is -6.81. The summed E-state index contributed by atoms with van der Waals surface area (Å²) in [6.45, 7) is 8.45. The highest BCUT2D eigenvalue weighted by atomic mass is 35.5. The number of halogens is 4. The van der Waals surface area contributed by atoms with Gasteiger partial charge in [-0.1, -0.05) is 58.5 Å². The maximum Gasteiger partial charge on any atom is 0.260 e. The Kier molecular flexibility index (Phi) is 20.4. The van der Waals surface area contributed by atoms with Crippen LogP contribution >= 0.6 is 46.4 Å². The number of aromatic amines is 2. The van der Waals surface area contributed by atoms with Gasteiger partial charge in [-0.3, -0.25) is 49.9 Å². The number of hydrogen-bond acceptors (Lipinski definition) is 15. The largest absolute Gasteiger partial charge is 0.495 e. The summed E-state index contributed by atoms with van der Waals surface area (Å²) in [5, 5.41) is 10.1. The second kappa shape index (κ2) is 26.6. The normalized spacial score (nSPS) is 11.1. The number of H-pyrrole nitrogens is 2. The third-order valence-corrected chi connectivity index (χ3v) is 13.1. The molecule has 0 aliphatic rings. The molecule has 0 bridgehead atoms. The van der Waals surface area contributed by atoms with Gasteiger partial charge in [-0.2, -0.15) is 0 Å². The molecular weight excluding hydrogens is 1040 g/mol. The van der Waals surface area contributed by atoms with E-state index in [4.69, 9.17) is 55.9 Å². The molecule has 394 valence electrons. The SMILES string of the molecule is CNCCN(C)C.COc1cc(C)c(Cl)c(-c2ccc(C(=O)Nc3ncc(C=O)[nH]3)c3nccnc23)c1Cl.COc1cc(C)c(Cl)c(-c2ccc(C(=O)Nc3ncc(CN(C)CCN(C)C)[nH]3)c3nccnc23)c1Cl. The van der Waals surface area contributed by atoms with Crippen molar-refractivity contribution in [3.8, 4) is 33.8 Å². The Morgan fingerprint density at radius 1 is 0.613 bits per heavy atom. The molecule has 4 heterocycles. The number of amides is 2. The number of carbonyl (C=O) groups is 3. The van der Waals surface area contributed by atoms with E-state index in [1.807, 2.05) is 42.0 Å². The van der Waals surface area contributed by atoms with Gasteiger partial charge in [0.1, 0.15) is 22.5 Å². The average Bonchev–Trinajstić information content (AvgIpc) is 4.06. The number of fused-ring (bicyclic) bond motifs is 2. The minimum absolute atomic E-state index is 0.141. The van der Waals surface area contributed by atoms with Crippen LogP contribution in [0.2, 0.25) is 20.1 Å². The first-order chi connectivity index (χ1) is 35.9. The molecule has 0 radical (unpaired) electrons. The fourth-order valence-electron chi connectivity index (χ4n) is 7.52. The number of anilines is 2. The number of aldehydes is 1. The molecule has 23 heteroatoms. The van der Waals surface area contributed by atoms with Crippen molar-refractivity contribution in [1.82, 2.24) is 59.9 Å². The van der Waals surface area contributed by atoms with E-state index in [9.17, 15) is 14.4 Å². The van der Waals surface area contributed by atoms with Crippen molar-refractivity contribution in [1.29, 1.82) is 0 Å². The predicted octanol–water partition coefficient (Wildman–Crippen LogP) is 9.37. The summed E-state index contributed by atoms with van der Waals surface area (Å²) in [6, 6.07) is 10.3. The van der Waals surface area contributed by atoms with Gasteiger partial charge in [0.2, 0.25) is 11.9 Å². The quantitative estimate of drug-likeness (QED) is 0.0536. The summed E-state index contributed by atoms with van der Waals surface area (Å²) < 4.78 is 10.8. The third-order valence-electron chi connectivity index (χ3n) is 11.4. The molecule has 75 heavy (non-hydrogen) atoms. The van der Waals surface area contributed by atoms with Crippen LogP contribution in [0.1, 0.15) is 48.0 Å². The highest BCUT2D eigenvalue weighted by Crippen LogP contribution is 2.46. The monoisotopic (exact) mass is 1100 g/mol. The lowest BCUT2D eigenvalue weighted by Crippen LogP contribution is -2.28. The van der Waals surface area contributed by atoms with Crippen LogP contribution in [-0.4, -0.2) is 155 Å². The van der Waals surface area contributed by atoms with Gasteiger partial charge < -0.3 is 34.6 Å². The minimum Gasteiger partial charge on any atom is -0.495 e.